The monoisotopic (exact) mass is 404 g/mol. The van der Waals surface area contributed by atoms with Crippen molar-refractivity contribution in [2.24, 2.45) is 0 Å². The minimum absolute atomic E-state index is 0.0567. The van der Waals surface area contributed by atoms with Crippen molar-refractivity contribution >= 4 is 5.78 Å². The molecule has 0 fully saturated rings. The summed E-state index contributed by atoms with van der Waals surface area (Å²) < 4.78 is 18.1. The van der Waals surface area contributed by atoms with Gasteiger partial charge in [-0.2, -0.15) is 0 Å². The summed E-state index contributed by atoms with van der Waals surface area (Å²) >= 11 is 0. The van der Waals surface area contributed by atoms with Gasteiger partial charge in [0.25, 0.3) is 0 Å². The van der Waals surface area contributed by atoms with Gasteiger partial charge < -0.3 is 24.9 Å². The number of rotatable bonds is 13. The number of Topliss-reactive ketones (excluding diaryl/α,β-unsaturated/α-hetero) is 1. The lowest BCUT2D eigenvalue weighted by molar-refractivity contribution is -0.117. The van der Waals surface area contributed by atoms with Gasteiger partial charge in [0.1, 0.15) is 30.1 Å². The minimum Gasteiger partial charge on any atom is -0.491 e. The van der Waals surface area contributed by atoms with Crippen molar-refractivity contribution in [3.8, 4) is 5.75 Å². The third kappa shape index (κ3) is 12.5. The molecule has 0 radical (unpaired) electrons. The Bertz CT molecular complexity index is 706. The third-order valence-corrected chi connectivity index (χ3v) is 3.85. The zero-order valence-corrected chi connectivity index (χ0v) is 16.5. The third-order valence-electron chi connectivity index (χ3n) is 3.85. The van der Waals surface area contributed by atoms with Crippen LogP contribution >= 0.6 is 0 Å². The molecule has 0 aliphatic carbocycles. The normalized spacial score (nSPS) is 15.5. The first-order chi connectivity index (χ1) is 13.9. The number of ketones is 1. The Morgan fingerprint density at radius 1 is 1.00 bits per heavy atom. The molecule has 29 heavy (non-hydrogen) atoms. The summed E-state index contributed by atoms with van der Waals surface area (Å²) in [7, 11) is 0. The molecule has 0 unspecified atom stereocenters. The summed E-state index contributed by atoms with van der Waals surface area (Å²) in [4.78, 5) is 10.8. The highest BCUT2D eigenvalue weighted by molar-refractivity contribution is 5.75. The summed E-state index contributed by atoms with van der Waals surface area (Å²) in [6, 6.07) is 5.56. The van der Waals surface area contributed by atoms with E-state index < -0.39 is 18.3 Å². The molecule has 1 aromatic carbocycles. The molecule has 0 heterocycles. The van der Waals surface area contributed by atoms with Crippen molar-refractivity contribution in [2.45, 2.75) is 44.5 Å². The van der Waals surface area contributed by atoms with Crippen molar-refractivity contribution in [3.05, 3.63) is 78.7 Å². The van der Waals surface area contributed by atoms with E-state index in [0.717, 1.165) is 0 Å². The lowest BCUT2D eigenvalue weighted by atomic mass is 10.1. The van der Waals surface area contributed by atoms with Crippen LogP contribution in [0.3, 0.4) is 0 Å². The molecule has 0 bridgehead atoms. The van der Waals surface area contributed by atoms with E-state index >= 15 is 0 Å². The number of aliphatic hydroxyl groups is 3. The van der Waals surface area contributed by atoms with Crippen molar-refractivity contribution < 1.29 is 29.2 Å². The number of allylic oxidation sites excluding steroid dienone is 6. The number of aliphatic hydroxyl groups excluding tert-OH is 3. The van der Waals surface area contributed by atoms with E-state index in [1.54, 1.807) is 42.5 Å². The molecule has 158 valence electrons. The Morgan fingerprint density at radius 2 is 1.59 bits per heavy atom. The molecular weight excluding hydrogens is 375 g/mol. The second-order valence-electron chi connectivity index (χ2n) is 6.52. The summed E-state index contributed by atoms with van der Waals surface area (Å²) in [5.74, 6) is 0.204. The van der Waals surface area contributed by atoms with Gasteiger partial charge >= 0.3 is 0 Å². The van der Waals surface area contributed by atoms with Gasteiger partial charge in [-0.3, -0.25) is 0 Å². The van der Waals surface area contributed by atoms with E-state index in [4.69, 9.17) is 4.74 Å². The molecule has 1 aromatic rings. The van der Waals surface area contributed by atoms with Crippen LogP contribution in [-0.4, -0.2) is 46.0 Å². The summed E-state index contributed by atoms with van der Waals surface area (Å²) in [6.45, 7) is 1.56. The fraction of sp³-hybridized carbons (Fsp3) is 0.348. The van der Waals surface area contributed by atoms with E-state index in [0.29, 0.717) is 25.0 Å². The number of hydrogen-bond donors (Lipinski definition) is 3. The molecule has 0 aliphatic heterocycles. The van der Waals surface area contributed by atoms with Crippen LogP contribution in [0.25, 0.3) is 0 Å². The maximum Gasteiger partial charge on any atom is 0.129 e. The first-order valence-corrected chi connectivity index (χ1v) is 9.49. The Labute approximate surface area is 171 Å². The van der Waals surface area contributed by atoms with Gasteiger partial charge in [-0.15, -0.1) is 0 Å². The number of ether oxygens (including phenoxy) is 1. The Morgan fingerprint density at radius 3 is 2.21 bits per heavy atom. The average Bonchev–Trinajstić information content (AvgIpc) is 2.69. The van der Waals surface area contributed by atoms with Gasteiger partial charge in [0.05, 0.1) is 12.2 Å². The molecule has 1 rings (SSSR count). The van der Waals surface area contributed by atoms with E-state index in [2.05, 4.69) is 0 Å². The van der Waals surface area contributed by atoms with Crippen LogP contribution in [0.1, 0.15) is 26.2 Å². The highest BCUT2D eigenvalue weighted by Gasteiger charge is 2.12. The van der Waals surface area contributed by atoms with Crippen LogP contribution in [0.2, 0.25) is 0 Å². The van der Waals surface area contributed by atoms with Gasteiger partial charge in [0, 0.05) is 6.42 Å². The van der Waals surface area contributed by atoms with E-state index in [9.17, 15) is 24.5 Å². The molecule has 5 nitrogen and oxygen atoms in total. The van der Waals surface area contributed by atoms with Gasteiger partial charge in [-0.25, -0.2) is 4.39 Å². The summed E-state index contributed by atoms with van der Waals surface area (Å²) in [6.07, 6.45) is 11.9. The largest absolute Gasteiger partial charge is 0.491 e. The van der Waals surface area contributed by atoms with Crippen molar-refractivity contribution in [3.63, 3.8) is 0 Å². The minimum atomic E-state index is -0.980. The molecule has 3 N–H and O–H groups in total. The molecule has 0 amide bonds. The van der Waals surface area contributed by atoms with Gasteiger partial charge in [-0.1, -0.05) is 48.6 Å². The lowest BCUT2D eigenvalue weighted by Crippen LogP contribution is -2.23. The Kier molecular flexibility index (Phi) is 12.2. The number of carbonyl (C=O) groups is 1. The van der Waals surface area contributed by atoms with E-state index in [-0.39, 0.29) is 18.2 Å². The molecule has 0 spiro atoms. The topological polar surface area (TPSA) is 87.0 Å². The molecule has 3 atom stereocenters. The molecular formula is C23H29FO5. The number of hydrogen-bond acceptors (Lipinski definition) is 5. The number of halogens is 1. The Hall–Kier alpha value is -2.54. The maximum absolute atomic E-state index is 12.8. The quantitative estimate of drug-likeness (QED) is 0.439. The summed E-state index contributed by atoms with van der Waals surface area (Å²) in [5, 5.41) is 29.4. The highest BCUT2D eigenvalue weighted by atomic mass is 19.1. The molecule has 0 saturated carbocycles. The second kappa shape index (κ2) is 14.5. The van der Waals surface area contributed by atoms with Crippen LogP contribution in [0, 0.1) is 5.82 Å². The van der Waals surface area contributed by atoms with Gasteiger partial charge in [0.2, 0.25) is 0 Å². The number of carbonyl (C=O) groups excluding carboxylic acids is 1. The SMILES string of the molecule is CC(=O)CCC[C@H](O)[C@H](O)/C=C/C=C/C=C\C=C\[C@H](O)COc1ccc(F)cc1. The predicted octanol–water partition coefficient (Wildman–Crippen LogP) is 3.27. The van der Waals surface area contributed by atoms with Crippen molar-refractivity contribution in [1.29, 1.82) is 0 Å². The van der Waals surface area contributed by atoms with Gasteiger partial charge in [-0.05, 0) is 44.0 Å². The molecule has 0 aromatic heterocycles. The zero-order chi connectivity index (χ0) is 21.5. The van der Waals surface area contributed by atoms with Crippen LogP contribution < -0.4 is 4.74 Å². The first kappa shape index (κ1) is 24.5. The zero-order valence-electron chi connectivity index (χ0n) is 16.5. The van der Waals surface area contributed by atoms with Crippen LogP contribution in [0.4, 0.5) is 4.39 Å². The average molecular weight is 404 g/mol. The molecule has 0 aliphatic rings. The highest BCUT2D eigenvalue weighted by Crippen LogP contribution is 2.11. The van der Waals surface area contributed by atoms with Crippen LogP contribution in [0.5, 0.6) is 5.75 Å². The van der Waals surface area contributed by atoms with Crippen molar-refractivity contribution in [2.75, 3.05) is 6.61 Å². The number of benzene rings is 1. The Balaban J connectivity index is 2.24. The van der Waals surface area contributed by atoms with Crippen molar-refractivity contribution in [1.82, 2.24) is 0 Å². The van der Waals surface area contributed by atoms with E-state index in [1.807, 2.05) is 0 Å². The van der Waals surface area contributed by atoms with Gasteiger partial charge in [0.15, 0.2) is 0 Å². The second-order valence-corrected chi connectivity index (χ2v) is 6.52. The smallest absolute Gasteiger partial charge is 0.129 e. The fourth-order valence-electron chi connectivity index (χ4n) is 2.25. The first-order valence-electron chi connectivity index (χ1n) is 9.49. The van der Waals surface area contributed by atoms with E-state index in [1.165, 1.54) is 37.3 Å². The lowest BCUT2D eigenvalue weighted by Gasteiger charge is -2.13. The predicted molar refractivity (Wildman–Crippen MR) is 111 cm³/mol. The summed E-state index contributed by atoms with van der Waals surface area (Å²) in [5.41, 5.74) is 0. The standard InChI is InChI=1S/C23H29FO5/c1-18(25)9-8-12-23(28)22(27)11-7-5-3-2-4-6-10-20(26)17-29-21-15-13-19(24)14-16-21/h2-7,10-11,13-16,20,22-23,26-28H,8-9,12,17H2,1H3/b4-2-,5-3+,10-6+,11-7+/t20-,22+,23-/m0/s1. The molecule has 6 heteroatoms. The maximum atomic E-state index is 12.8. The van der Waals surface area contributed by atoms with Crippen LogP contribution in [-0.2, 0) is 4.79 Å². The van der Waals surface area contributed by atoms with Crippen LogP contribution in [0.15, 0.2) is 72.9 Å². The fourth-order valence-corrected chi connectivity index (χ4v) is 2.25. The molecule has 0 saturated heterocycles.